The maximum Gasteiger partial charge on any atom is 0.322 e. The van der Waals surface area contributed by atoms with Crippen molar-refractivity contribution >= 4 is 43.0 Å². The van der Waals surface area contributed by atoms with Crippen molar-refractivity contribution in [2.24, 2.45) is 0 Å². The van der Waals surface area contributed by atoms with E-state index in [1.54, 1.807) is 55.5 Å². The van der Waals surface area contributed by atoms with E-state index in [-0.39, 0.29) is 22.8 Å². The van der Waals surface area contributed by atoms with Crippen LogP contribution >= 0.6 is 11.3 Å². The molecule has 0 radical (unpaired) electrons. The van der Waals surface area contributed by atoms with E-state index in [1.165, 1.54) is 23.5 Å². The summed E-state index contributed by atoms with van der Waals surface area (Å²) >= 11 is 1.34. The third-order valence-electron chi connectivity index (χ3n) is 6.39. The number of carboxylic acid groups (broad SMARTS) is 1. The Morgan fingerprint density at radius 1 is 1.00 bits per heavy atom. The Labute approximate surface area is 237 Å². The first-order valence-electron chi connectivity index (χ1n) is 12.3. The van der Waals surface area contributed by atoms with E-state index in [0.29, 0.717) is 16.1 Å². The Bertz CT molecular complexity index is 1840. The highest BCUT2D eigenvalue weighted by atomic mass is 32.2. The fraction of sp³-hybridized carbons (Fsp3) is 0.138. The van der Waals surface area contributed by atoms with E-state index in [4.69, 9.17) is 0 Å². The fourth-order valence-electron chi connectivity index (χ4n) is 4.31. The third-order valence-corrected chi connectivity index (χ3v) is 11.0. The normalized spacial score (nSPS) is 15.0. The number of hydrogen-bond donors (Lipinski definition) is 2. The van der Waals surface area contributed by atoms with Gasteiger partial charge >= 0.3 is 5.97 Å². The summed E-state index contributed by atoms with van der Waals surface area (Å²) in [6.07, 6.45) is 0.191. The highest BCUT2D eigenvalue weighted by molar-refractivity contribution is 7.92. The van der Waals surface area contributed by atoms with Crippen LogP contribution in [0.3, 0.4) is 0 Å². The van der Waals surface area contributed by atoms with Crippen LogP contribution in [-0.2, 0) is 31.4 Å². The third kappa shape index (κ3) is 5.52. The summed E-state index contributed by atoms with van der Waals surface area (Å²) in [6.45, 7) is 1.71. The fourth-order valence-corrected chi connectivity index (χ4v) is 8.79. The Hall–Kier alpha value is -3.95. The van der Waals surface area contributed by atoms with Gasteiger partial charge in [0.15, 0.2) is 0 Å². The molecule has 3 aromatic carbocycles. The van der Waals surface area contributed by atoms with Gasteiger partial charge in [-0.25, -0.2) is 16.8 Å². The minimum Gasteiger partial charge on any atom is -0.480 e. The van der Waals surface area contributed by atoms with Crippen LogP contribution in [0.1, 0.15) is 29.3 Å². The van der Waals surface area contributed by atoms with Gasteiger partial charge in [-0.15, -0.1) is 11.3 Å². The second-order valence-corrected chi connectivity index (χ2v) is 13.7. The van der Waals surface area contributed by atoms with Gasteiger partial charge in [-0.1, -0.05) is 49.1 Å². The molecule has 2 N–H and O–H groups in total. The zero-order chi connectivity index (χ0) is 28.5. The molecule has 204 valence electrons. The van der Waals surface area contributed by atoms with Crippen LogP contribution in [-0.4, -0.2) is 38.3 Å². The van der Waals surface area contributed by atoms with Gasteiger partial charge in [-0.2, -0.15) is 4.31 Å². The number of fused-ring (bicyclic) bond motifs is 1. The largest absolute Gasteiger partial charge is 0.480 e. The number of aliphatic carboxylic acids is 1. The second kappa shape index (κ2) is 10.9. The molecule has 2 heterocycles. The summed E-state index contributed by atoms with van der Waals surface area (Å²) < 4.78 is 54.5. The predicted octanol–water partition coefficient (Wildman–Crippen LogP) is 4.98. The van der Waals surface area contributed by atoms with Gasteiger partial charge in [0.25, 0.3) is 10.0 Å². The Morgan fingerprint density at radius 2 is 1.60 bits per heavy atom. The number of rotatable bonds is 7. The van der Waals surface area contributed by atoms with Gasteiger partial charge in [0.1, 0.15) is 6.04 Å². The molecule has 0 amide bonds. The lowest BCUT2D eigenvalue weighted by Gasteiger charge is -2.21. The number of carboxylic acids is 1. The summed E-state index contributed by atoms with van der Waals surface area (Å²) in [6, 6.07) is 22.8. The summed E-state index contributed by atoms with van der Waals surface area (Å²) in [5.41, 5.74) is 2.74. The molecule has 0 aliphatic carbocycles. The Morgan fingerprint density at radius 3 is 2.15 bits per heavy atom. The number of sulfonamides is 2. The average Bonchev–Trinajstić information content (AvgIpc) is 3.47. The quantitative estimate of drug-likeness (QED) is 0.292. The average molecular weight is 593 g/mol. The molecule has 1 aliphatic heterocycles. The van der Waals surface area contributed by atoms with Crippen LogP contribution in [0, 0.1) is 11.8 Å². The van der Waals surface area contributed by atoms with E-state index in [0.717, 1.165) is 20.3 Å². The van der Waals surface area contributed by atoms with Gasteiger partial charge in [0.2, 0.25) is 10.0 Å². The molecular weight excluding hydrogens is 569 g/mol. The molecule has 1 aromatic heterocycles. The van der Waals surface area contributed by atoms with Crippen molar-refractivity contribution in [3.05, 3.63) is 101 Å². The summed E-state index contributed by atoms with van der Waals surface area (Å²) in [5, 5.41) is 9.41. The minimum absolute atomic E-state index is 0.0587. The van der Waals surface area contributed by atoms with Crippen LogP contribution < -0.4 is 4.72 Å². The summed E-state index contributed by atoms with van der Waals surface area (Å²) in [7, 11) is -7.53. The first kappa shape index (κ1) is 27.6. The molecule has 1 atom stereocenters. The van der Waals surface area contributed by atoms with Crippen LogP contribution in [0.2, 0.25) is 0 Å². The van der Waals surface area contributed by atoms with Crippen molar-refractivity contribution in [3.63, 3.8) is 0 Å². The smallest absolute Gasteiger partial charge is 0.322 e. The highest BCUT2D eigenvalue weighted by Gasteiger charge is 2.43. The van der Waals surface area contributed by atoms with Crippen molar-refractivity contribution in [1.82, 2.24) is 4.31 Å². The van der Waals surface area contributed by atoms with Crippen LogP contribution in [0.4, 0.5) is 5.69 Å². The maximum absolute atomic E-state index is 13.0. The first-order chi connectivity index (χ1) is 19.1. The van der Waals surface area contributed by atoms with Crippen molar-refractivity contribution in [2.75, 3.05) is 4.72 Å². The maximum atomic E-state index is 13.0. The number of nitrogens with one attached hydrogen (secondary N) is 1. The number of carbonyl (C=O) groups is 1. The van der Waals surface area contributed by atoms with Crippen LogP contribution in [0.5, 0.6) is 0 Å². The lowest BCUT2D eigenvalue weighted by molar-refractivity contribution is -0.141. The van der Waals surface area contributed by atoms with Crippen LogP contribution in [0.15, 0.2) is 94.7 Å². The van der Waals surface area contributed by atoms with Crippen molar-refractivity contribution in [1.29, 1.82) is 0 Å². The summed E-state index contributed by atoms with van der Waals surface area (Å²) in [5.74, 6) is 4.98. The predicted molar refractivity (Wildman–Crippen MR) is 154 cm³/mol. The van der Waals surface area contributed by atoms with E-state index >= 15 is 0 Å². The Kier molecular flexibility index (Phi) is 7.53. The van der Waals surface area contributed by atoms with Gasteiger partial charge < -0.3 is 5.11 Å². The first-order valence-corrected chi connectivity index (χ1v) is 16.0. The molecule has 0 spiro atoms. The molecule has 4 aromatic rings. The molecule has 5 rings (SSSR count). The van der Waals surface area contributed by atoms with E-state index in [1.807, 2.05) is 24.3 Å². The summed E-state index contributed by atoms with van der Waals surface area (Å²) in [4.78, 5) is 13.3. The number of hydrogen-bond acceptors (Lipinski definition) is 6. The highest BCUT2D eigenvalue weighted by Crippen LogP contribution is 2.42. The van der Waals surface area contributed by atoms with E-state index in [9.17, 15) is 26.7 Å². The molecule has 1 aliphatic rings. The van der Waals surface area contributed by atoms with Crippen molar-refractivity contribution < 1.29 is 26.7 Å². The lowest BCUT2D eigenvalue weighted by Crippen LogP contribution is -2.40. The second-order valence-electron chi connectivity index (χ2n) is 9.03. The SMILES string of the molecule is CCC(C(=O)O)N1Cc2sc(-c3ccc(C#Cc4ccc(NS(=O)(=O)c5ccccc5)cc4)cc3)cc2S1(=O)=O. The van der Waals surface area contributed by atoms with Gasteiger partial charge in [-0.3, -0.25) is 9.52 Å². The molecule has 8 nitrogen and oxygen atoms in total. The lowest BCUT2D eigenvalue weighted by atomic mass is 10.1. The van der Waals surface area contributed by atoms with Gasteiger partial charge in [0.05, 0.1) is 16.3 Å². The molecule has 0 fully saturated rings. The molecule has 0 saturated heterocycles. The molecule has 1 unspecified atom stereocenters. The van der Waals surface area contributed by atoms with E-state index in [2.05, 4.69) is 16.6 Å². The number of benzene rings is 3. The zero-order valence-electron chi connectivity index (χ0n) is 21.2. The topological polar surface area (TPSA) is 121 Å². The molecule has 0 saturated carbocycles. The molecule has 0 bridgehead atoms. The number of thiophene rings is 1. The van der Waals surface area contributed by atoms with E-state index < -0.39 is 32.1 Å². The molecule has 11 heteroatoms. The van der Waals surface area contributed by atoms with Crippen LogP contribution in [0.25, 0.3) is 10.4 Å². The Balaban J connectivity index is 1.27. The van der Waals surface area contributed by atoms with Crippen molar-refractivity contribution in [2.45, 2.75) is 35.7 Å². The molecule has 40 heavy (non-hydrogen) atoms. The van der Waals surface area contributed by atoms with Crippen molar-refractivity contribution in [3.8, 4) is 22.3 Å². The number of nitrogens with zero attached hydrogens (tertiary/aromatic N) is 1. The van der Waals surface area contributed by atoms with Gasteiger partial charge in [0, 0.05) is 26.6 Å². The standard InChI is InChI=1S/C29H24N2O6S3/c1-2-25(29(32)33)31-19-27-28(40(31,36)37)18-26(38-27)22-14-10-20(11-15-22)8-9-21-12-16-23(17-13-21)30-39(34,35)24-6-4-3-5-7-24/h3-7,10-18,25,30H,2,19H2,1H3,(H,32,33). The molecular formula is C29H24N2O6S3. The van der Waals surface area contributed by atoms with Gasteiger partial charge in [-0.05, 0) is 66.6 Å². The monoisotopic (exact) mass is 592 g/mol. The number of anilines is 1. The minimum atomic E-state index is -3.86. The zero-order valence-corrected chi connectivity index (χ0v) is 23.7.